The number of hydrogen-bond donors (Lipinski definition) is 4. The molecule has 30 heavy (non-hydrogen) atoms. The predicted molar refractivity (Wildman–Crippen MR) is 117 cm³/mol. The minimum absolute atomic E-state index is 0.150. The Morgan fingerprint density at radius 3 is 2.73 bits per heavy atom. The number of carbonyl (C=O) groups is 1. The fourth-order valence-corrected chi connectivity index (χ4v) is 3.98. The number of rotatable bonds is 7. The predicted octanol–water partition coefficient (Wildman–Crippen LogP) is 3.82. The van der Waals surface area contributed by atoms with E-state index in [1.807, 2.05) is 20.0 Å². The van der Waals surface area contributed by atoms with Gasteiger partial charge >= 0.3 is 0 Å². The average Bonchev–Trinajstić information content (AvgIpc) is 3.68. The molecule has 0 radical (unpaired) electrons. The summed E-state index contributed by atoms with van der Waals surface area (Å²) >= 11 is 0. The number of hydrogen-bond acceptors (Lipinski definition) is 5. The lowest BCUT2D eigenvalue weighted by Crippen LogP contribution is -2.33. The van der Waals surface area contributed by atoms with Gasteiger partial charge in [-0.1, -0.05) is 12.1 Å². The van der Waals surface area contributed by atoms with E-state index >= 15 is 0 Å². The molecular weight excluding hydrogens is 376 g/mol. The lowest BCUT2D eigenvalue weighted by Gasteiger charge is -2.13. The third kappa shape index (κ3) is 3.44. The lowest BCUT2D eigenvalue weighted by atomic mass is 10.0. The monoisotopic (exact) mass is 402 g/mol. The maximum Gasteiger partial charge on any atom is 0.255 e. The Kier molecular flexibility index (Phi) is 4.53. The Balaban J connectivity index is 1.45. The topological polar surface area (TPSA) is 107 Å². The first-order valence-electron chi connectivity index (χ1n) is 10.6. The summed E-state index contributed by atoms with van der Waals surface area (Å²) in [5.74, 6) is 1.08. The summed E-state index contributed by atoms with van der Waals surface area (Å²) in [5, 5.41) is 15.0. The van der Waals surface area contributed by atoms with Crippen molar-refractivity contribution in [3.8, 4) is 0 Å². The number of nitrogens with one attached hydrogen (secondary N) is 4. The summed E-state index contributed by atoms with van der Waals surface area (Å²) < 4.78 is 0. The Morgan fingerprint density at radius 2 is 2.03 bits per heavy atom. The summed E-state index contributed by atoms with van der Waals surface area (Å²) in [6, 6.07) is 6.36. The van der Waals surface area contributed by atoms with Crippen molar-refractivity contribution < 1.29 is 4.79 Å². The van der Waals surface area contributed by atoms with Crippen molar-refractivity contribution in [3.63, 3.8) is 0 Å². The number of fused-ring (bicyclic) bond motifs is 1. The molecule has 3 aromatic rings. The van der Waals surface area contributed by atoms with Crippen molar-refractivity contribution in [2.75, 3.05) is 12.4 Å². The second-order valence-corrected chi connectivity index (χ2v) is 8.46. The van der Waals surface area contributed by atoms with Gasteiger partial charge in [-0.3, -0.25) is 10.2 Å². The van der Waals surface area contributed by atoms with Crippen LogP contribution in [-0.4, -0.2) is 39.7 Å². The number of benzene rings is 1. The van der Waals surface area contributed by atoms with E-state index in [9.17, 15) is 4.79 Å². The molecule has 0 bridgehead atoms. The number of H-pyrrole nitrogens is 1. The molecule has 2 fully saturated rings. The van der Waals surface area contributed by atoms with Crippen LogP contribution in [0.1, 0.15) is 65.7 Å². The van der Waals surface area contributed by atoms with Crippen LogP contribution in [0.15, 0.2) is 30.6 Å². The van der Waals surface area contributed by atoms with Gasteiger partial charge in [0.05, 0.1) is 17.5 Å². The first kappa shape index (κ1) is 18.8. The Labute approximate surface area is 175 Å². The highest BCUT2D eigenvalue weighted by Crippen LogP contribution is 2.41. The van der Waals surface area contributed by atoms with Gasteiger partial charge in [-0.25, -0.2) is 9.97 Å². The van der Waals surface area contributed by atoms with Gasteiger partial charge in [-0.05, 0) is 56.1 Å². The molecule has 2 aromatic heterocycles. The highest BCUT2D eigenvalue weighted by molar-refractivity contribution is 6.14. The van der Waals surface area contributed by atoms with E-state index in [4.69, 9.17) is 5.41 Å². The van der Waals surface area contributed by atoms with Crippen LogP contribution in [0.3, 0.4) is 0 Å². The van der Waals surface area contributed by atoms with Crippen molar-refractivity contribution >= 4 is 28.5 Å². The highest BCUT2D eigenvalue weighted by Gasteiger charge is 2.30. The van der Waals surface area contributed by atoms with Crippen molar-refractivity contribution in [2.24, 2.45) is 5.92 Å². The molecule has 2 saturated carbocycles. The number of nitrogens with zero attached hydrogens (tertiary/aromatic N) is 2. The Morgan fingerprint density at radius 1 is 1.23 bits per heavy atom. The van der Waals surface area contributed by atoms with Crippen LogP contribution in [0.5, 0.6) is 0 Å². The van der Waals surface area contributed by atoms with Crippen molar-refractivity contribution in [1.82, 2.24) is 20.3 Å². The van der Waals surface area contributed by atoms with Gasteiger partial charge in [0.2, 0.25) is 0 Å². The van der Waals surface area contributed by atoms with E-state index in [2.05, 4.69) is 37.7 Å². The number of carbonyl (C=O) groups excluding carboxylic acids is 1. The van der Waals surface area contributed by atoms with Crippen LogP contribution in [0, 0.1) is 11.3 Å². The van der Waals surface area contributed by atoms with Gasteiger partial charge in [0.15, 0.2) is 5.65 Å². The normalized spacial score (nSPS) is 17.0. The van der Waals surface area contributed by atoms with Gasteiger partial charge in [0.1, 0.15) is 11.2 Å². The molecule has 0 saturated heterocycles. The third-order valence-corrected chi connectivity index (χ3v) is 6.20. The molecule has 1 amide bonds. The van der Waals surface area contributed by atoms with Crippen LogP contribution in [0.2, 0.25) is 0 Å². The Hall–Kier alpha value is -3.22. The smallest absolute Gasteiger partial charge is 0.255 e. The largest absolute Gasteiger partial charge is 0.388 e. The minimum atomic E-state index is -0.150. The lowest BCUT2D eigenvalue weighted by molar-refractivity contribution is 0.0937. The SMILES string of the molecule is CNc1cc(C2CC2)ccc1C(=N)c1cnc2[nH]cc(C(=O)N[C@@H](C)C3CC3)c2n1. The molecule has 1 aromatic carbocycles. The molecule has 4 N–H and O–H groups in total. The zero-order chi connectivity index (χ0) is 20.8. The van der Waals surface area contributed by atoms with E-state index in [1.54, 1.807) is 12.4 Å². The molecule has 2 aliphatic carbocycles. The zero-order valence-corrected chi connectivity index (χ0v) is 17.2. The van der Waals surface area contributed by atoms with E-state index in [1.165, 1.54) is 31.2 Å². The highest BCUT2D eigenvalue weighted by atomic mass is 16.1. The summed E-state index contributed by atoms with van der Waals surface area (Å²) in [5.41, 5.74) is 5.25. The number of amides is 1. The molecule has 2 heterocycles. The van der Waals surface area contributed by atoms with Crippen LogP contribution in [-0.2, 0) is 0 Å². The minimum Gasteiger partial charge on any atom is -0.388 e. The quantitative estimate of drug-likeness (QED) is 0.451. The summed E-state index contributed by atoms with van der Waals surface area (Å²) in [4.78, 5) is 24.8. The first-order chi connectivity index (χ1) is 14.5. The molecule has 7 nitrogen and oxygen atoms in total. The summed E-state index contributed by atoms with van der Waals surface area (Å²) in [6.45, 7) is 2.04. The molecule has 0 unspecified atom stereocenters. The van der Waals surface area contributed by atoms with Crippen molar-refractivity contribution in [2.45, 2.75) is 44.6 Å². The first-order valence-corrected chi connectivity index (χ1v) is 10.6. The fraction of sp³-hybridized carbons (Fsp3) is 0.391. The van der Waals surface area contributed by atoms with Crippen LogP contribution >= 0.6 is 0 Å². The maximum absolute atomic E-state index is 12.8. The van der Waals surface area contributed by atoms with Crippen LogP contribution in [0.25, 0.3) is 11.2 Å². The number of aromatic amines is 1. The molecule has 0 aliphatic heterocycles. The second-order valence-electron chi connectivity index (χ2n) is 8.46. The molecule has 2 aliphatic rings. The molecule has 154 valence electrons. The number of anilines is 1. The van der Waals surface area contributed by atoms with Gasteiger partial charge in [0, 0.05) is 30.5 Å². The van der Waals surface area contributed by atoms with Gasteiger partial charge < -0.3 is 15.6 Å². The molecule has 7 heteroatoms. The maximum atomic E-state index is 12.8. The van der Waals surface area contributed by atoms with E-state index in [0.717, 1.165) is 11.3 Å². The van der Waals surface area contributed by atoms with Crippen LogP contribution in [0.4, 0.5) is 5.69 Å². The summed E-state index contributed by atoms with van der Waals surface area (Å²) in [7, 11) is 1.87. The van der Waals surface area contributed by atoms with Gasteiger partial charge in [-0.15, -0.1) is 0 Å². The molecule has 0 spiro atoms. The average molecular weight is 403 g/mol. The van der Waals surface area contributed by atoms with Crippen molar-refractivity contribution in [3.05, 3.63) is 53.0 Å². The second kappa shape index (κ2) is 7.23. The van der Waals surface area contributed by atoms with Crippen LogP contribution < -0.4 is 10.6 Å². The van der Waals surface area contributed by atoms with E-state index in [-0.39, 0.29) is 17.7 Å². The molecule has 1 atom stereocenters. The standard InChI is InChI=1S/C23H26N6O/c1-12(13-3-4-13)28-23(30)17-10-26-22-21(17)29-19(11-27-22)20(24)16-8-7-15(14-5-6-14)9-18(16)25-2/h7-14,24-25H,3-6H2,1-2H3,(H,26,27)(H,28,30)/t12-/m0/s1. The van der Waals surface area contributed by atoms with Gasteiger partial charge in [-0.2, -0.15) is 0 Å². The summed E-state index contributed by atoms with van der Waals surface area (Å²) in [6.07, 6.45) is 8.05. The molecule has 5 rings (SSSR count). The van der Waals surface area contributed by atoms with Crippen molar-refractivity contribution in [1.29, 1.82) is 5.41 Å². The zero-order valence-electron chi connectivity index (χ0n) is 17.2. The third-order valence-electron chi connectivity index (χ3n) is 6.20. The fourth-order valence-electron chi connectivity index (χ4n) is 3.98. The molecular formula is C23H26N6O. The van der Waals surface area contributed by atoms with Gasteiger partial charge in [0.25, 0.3) is 5.91 Å². The van der Waals surface area contributed by atoms with E-state index in [0.29, 0.717) is 34.3 Å². The van der Waals surface area contributed by atoms with E-state index < -0.39 is 0 Å². The number of aromatic nitrogens is 3. The Bertz CT molecular complexity index is 1140.